The lowest BCUT2D eigenvalue weighted by molar-refractivity contribution is -0.137. The fraction of sp³-hybridized carbons (Fsp3) is 0.250. The number of hydrogen-bond acceptors (Lipinski definition) is 2. The highest BCUT2D eigenvalue weighted by atomic mass is 19.4. The Morgan fingerprint density at radius 1 is 0.917 bits per heavy atom. The van der Waals surface area contributed by atoms with Gasteiger partial charge in [-0.15, -0.1) is 0 Å². The molecule has 1 heterocycles. The Morgan fingerprint density at radius 3 is 2.00 bits per heavy atom. The van der Waals surface area contributed by atoms with E-state index < -0.39 is 36.5 Å². The molecule has 0 aliphatic carbocycles. The summed E-state index contributed by atoms with van der Waals surface area (Å²) in [5, 5.41) is 0. The van der Waals surface area contributed by atoms with Crippen molar-refractivity contribution < 1.29 is 31.1 Å². The number of nitrogens with zero attached hydrogens (tertiary/aromatic N) is 1. The number of pyridine rings is 1. The van der Waals surface area contributed by atoms with Crippen LogP contribution in [0.4, 0.5) is 26.3 Å². The van der Waals surface area contributed by atoms with Gasteiger partial charge in [-0.25, -0.2) is 0 Å². The Bertz CT molecular complexity index is 701. The molecule has 2 rings (SSSR count). The van der Waals surface area contributed by atoms with Crippen molar-refractivity contribution in [3.05, 3.63) is 53.7 Å². The van der Waals surface area contributed by atoms with Crippen LogP contribution in [-0.2, 0) is 6.18 Å². The maximum atomic E-state index is 12.5. The van der Waals surface area contributed by atoms with Crippen molar-refractivity contribution in [2.45, 2.75) is 25.2 Å². The highest BCUT2D eigenvalue weighted by molar-refractivity contribution is 5.96. The fourth-order valence-electron chi connectivity index (χ4n) is 1.96. The summed E-state index contributed by atoms with van der Waals surface area (Å²) in [4.78, 5) is 15.6. The van der Waals surface area contributed by atoms with Gasteiger partial charge in [-0.05, 0) is 24.3 Å². The molecule has 0 radical (unpaired) electrons. The molecule has 2 nitrogen and oxygen atoms in total. The second kappa shape index (κ2) is 6.62. The third kappa shape index (κ3) is 4.81. The van der Waals surface area contributed by atoms with Gasteiger partial charge in [0, 0.05) is 23.7 Å². The van der Waals surface area contributed by atoms with Gasteiger partial charge in [-0.2, -0.15) is 26.3 Å². The number of ketones is 1. The number of aromatic nitrogens is 1. The zero-order chi connectivity index (χ0) is 18.0. The van der Waals surface area contributed by atoms with E-state index in [9.17, 15) is 31.1 Å². The molecule has 1 aromatic carbocycles. The number of halogens is 6. The van der Waals surface area contributed by atoms with Gasteiger partial charge in [-0.3, -0.25) is 9.78 Å². The van der Waals surface area contributed by atoms with Crippen molar-refractivity contribution in [1.82, 2.24) is 4.98 Å². The van der Waals surface area contributed by atoms with Crippen LogP contribution >= 0.6 is 0 Å². The number of hydrogen-bond donors (Lipinski definition) is 0. The molecule has 0 N–H and O–H groups in total. The molecule has 0 fully saturated rings. The first-order valence-corrected chi connectivity index (χ1v) is 6.80. The standard InChI is InChI=1S/C16H11F6NO/c17-15(18,19)8-7-14(24)11-3-6-13(23-9-11)10-1-4-12(5-2-10)16(20,21)22/h1-6,9H,7-8H2. The number of carbonyl (C=O) groups excluding carboxylic acids is 1. The van der Waals surface area contributed by atoms with Gasteiger partial charge >= 0.3 is 12.4 Å². The molecule has 2 aromatic rings. The summed E-state index contributed by atoms with van der Waals surface area (Å²) >= 11 is 0. The predicted octanol–water partition coefficient (Wildman–Crippen LogP) is 5.29. The van der Waals surface area contributed by atoms with Crippen LogP contribution in [0.15, 0.2) is 42.6 Å². The number of Topliss-reactive ketones (excluding diaryl/α,β-unsaturated/α-hetero) is 1. The summed E-state index contributed by atoms with van der Waals surface area (Å²) in [6.07, 6.45) is -9.63. The largest absolute Gasteiger partial charge is 0.416 e. The van der Waals surface area contributed by atoms with Crippen LogP contribution in [0.3, 0.4) is 0 Å². The molecule has 0 atom stereocenters. The highest BCUT2D eigenvalue weighted by Gasteiger charge is 2.30. The van der Waals surface area contributed by atoms with Crippen LogP contribution in [0.5, 0.6) is 0 Å². The number of benzene rings is 1. The molecular formula is C16H11F6NO. The molecule has 0 bridgehead atoms. The first-order chi connectivity index (χ1) is 11.1. The molecule has 0 aliphatic heterocycles. The van der Waals surface area contributed by atoms with Crippen molar-refractivity contribution in [1.29, 1.82) is 0 Å². The van der Waals surface area contributed by atoms with Gasteiger partial charge in [0.25, 0.3) is 0 Å². The summed E-state index contributed by atoms with van der Waals surface area (Å²) in [6, 6.07) is 6.95. The zero-order valence-corrected chi connectivity index (χ0v) is 12.1. The molecule has 0 unspecified atom stereocenters. The Balaban J connectivity index is 2.10. The van der Waals surface area contributed by atoms with Gasteiger partial charge in [-0.1, -0.05) is 12.1 Å². The lowest BCUT2D eigenvalue weighted by Gasteiger charge is -2.08. The molecule has 0 amide bonds. The van der Waals surface area contributed by atoms with E-state index >= 15 is 0 Å². The van der Waals surface area contributed by atoms with Crippen LogP contribution in [0.2, 0.25) is 0 Å². The summed E-state index contributed by atoms with van der Waals surface area (Å²) in [6.45, 7) is 0. The molecule has 0 aliphatic rings. The fourth-order valence-corrected chi connectivity index (χ4v) is 1.96. The van der Waals surface area contributed by atoms with Gasteiger partial charge in [0.2, 0.25) is 0 Å². The highest BCUT2D eigenvalue weighted by Crippen LogP contribution is 2.30. The SMILES string of the molecule is O=C(CCC(F)(F)F)c1ccc(-c2ccc(C(F)(F)F)cc2)nc1. The van der Waals surface area contributed by atoms with Crippen LogP contribution in [0, 0.1) is 0 Å². The summed E-state index contributed by atoms with van der Waals surface area (Å²) in [7, 11) is 0. The van der Waals surface area contributed by atoms with Crippen molar-refractivity contribution >= 4 is 5.78 Å². The van der Waals surface area contributed by atoms with E-state index in [2.05, 4.69) is 4.98 Å². The Morgan fingerprint density at radius 2 is 1.54 bits per heavy atom. The maximum absolute atomic E-state index is 12.5. The Kier molecular flexibility index (Phi) is 4.96. The van der Waals surface area contributed by atoms with Gasteiger partial charge in [0.1, 0.15) is 0 Å². The van der Waals surface area contributed by atoms with Gasteiger partial charge in [0.05, 0.1) is 17.7 Å². The van der Waals surface area contributed by atoms with Crippen molar-refractivity contribution in [3.8, 4) is 11.3 Å². The summed E-state index contributed by atoms with van der Waals surface area (Å²) in [5.41, 5.74) is -0.0616. The average Bonchev–Trinajstić information content (AvgIpc) is 2.51. The van der Waals surface area contributed by atoms with Gasteiger partial charge < -0.3 is 0 Å². The monoisotopic (exact) mass is 347 g/mol. The van der Waals surface area contributed by atoms with E-state index in [-0.39, 0.29) is 5.56 Å². The molecule has 0 saturated carbocycles. The van der Waals surface area contributed by atoms with E-state index in [1.54, 1.807) is 0 Å². The zero-order valence-electron chi connectivity index (χ0n) is 12.1. The molecule has 1 aromatic heterocycles. The second-order valence-corrected chi connectivity index (χ2v) is 5.05. The van der Waals surface area contributed by atoms with Crippen molar-refractivity contribution in [3.63, 3.8) is 0 Å². The predicted molar refractivity (Wildman–Crippen MR) is 74.3 cm³/mol. The Hall–Kier alpha value is -2.38. The lowest BCUT2D eigenvalue weighted by Crippen LogP contribution is -2.11. The summed E-state index contributed by atoms with van der Waals surface area (Å²) < 4.78 is 73.7. The van der Waals surface area contributed by atoms with Crippen LogP contribution in [0.25, 0.3) is 11.3 Å². The first kappa shape index (κ1) is 18.0. The quantitative estimate of drug-likeness (QED) is 0.555. The molecule has 128 valence electrons. The maximum Gasteiger partial charge on any atom is 0.416 e. The average molecular weight is 347 g/mol. The van der Waals surface area contributed by atoms with Gasteiger partial charge in [0.15, 0.2) is 5.78 Å². The summed E-state index contributed by atoms with van der Waals surface area (Å²) in [5.74, 6) is -0.696. The van der Waals surface area contributed by atoms with Crippen molar-refractivity contribution in [2.75, 3.05) is 0 Å². The minimum Gasteiger partial charge on any atom is -0.294 e. The van der Waals surface area contributed by atoms with E-state index in [1.165, 1.54) is 24.3 Å². The van der Waals surface area contributed by atoms with Crippen molar-refractivity contribution in [2.24, 2.45) is 0 Å². The van der Waals surface area contributed by atoms with E-state index in [4.69, 9.17) is 0 Å². The third-order valence-electron chi connectivity index (χ3n) is 3.23. The lowest BCUT2D eigenvalue weighted by atomic mass is 10.1. The van der Waals surface area contributed by atoms with Crippen LogP contribution in [-0.4, -0.2) is 16.9 Å². The molecular weight excluding hydrogens is 336 g/mol. The smallest absolute Gasteiger partial charge is 0.294 e. The minimum atomic E-state index is -4.44. The van der Waals surface area contributed by atoms with E-state index in [1.807, 2.05) is 0 Å². The van der Waals surface area contributed by atoms with Crippen LogP contribution in [0.1, 0.15) is 28.8 Å². The molecule has 8 heteroatoms. The molecule has 0 spiro atoms. The normalized spacial score (nSPS) is 12.2. The minimum absolute atomic E-state index is 0.0231. The number of alkyl halides is 6. The van der Waals surface area contributed by atoms with Crippen LogP contribution < -0.4 is 0 Å². The third-order valence-corrected chi connectivity index (χ3v) is 3.23. The first-order valence-electron chi connectivity index (χ1n) is 6.80. The number of carbonyl (C=O) groups is 1. The number of rotatable bonds is 4. The van der Waals surface area contributed by atoms with E-state index in [0.717, 1.165) is 18.3 Å². The second-order valence-electron chi connectivity index (χ2n) is 5.05. The molecule has 24 heavy (non-hydrogen) atoms. The Labute approximate surface area is 133 Å². The molecule has 0 saturated heterocycles. The van der Waals surface area contributed by atoms with E-state index in [0.29, 0.717) is 11.3 Å². The topological polar surface area (TPSA) is 30.0 Å².